The van der Waals surface area contributed by atoms with Gasteiger partial charge in [0, 0.05) is 0 Å². The number of hydrogen-bond acceptors (Lipinski definition) is 4. The van der Waals surface area contributed by atoms with E-state index >= 15 is 0 Å². The van der Waals surface area contributed by atoms with Gasteiger partial charge in [-0.3, -0.25) is 0 Å². The molecule has 0 bridgehead atoms. The van der Waals surface area contributed by atoms with E-state index in [1.54, 1.807) is 0 Å². The Morgan fingerprint density at radius 1 is 0.588 bits per heavy atom. The molecular formula is C13H30O4. The Balaban J connectivity index is 0. The number of aliphatic hydroxyl groups excluding tert-OH is 2. The molecule has 0 spiro atoms. The number of hydrogen-bond donors (Lipinski definition) is 4. The monoisotopic (exact) mass is 250 g/mol. The van der Waals surface area contributed by atoms with Gasteiger partial charge in [0.1, 0.15) is 0 Å². The van der Waals surface area contributed by atoms with Crippen molar-refractivity contribution >= 4 is 0 Å². The average Bonchev–Trinajstić information content (AvgIpc) is 2.25. The summed E-state index contributed by atoms with van der Waals surface area (Å²) in [6.07, 6.45) is 6.46. The highest BCUT2D eigenvalue weighted by atomic mass is 16.5. The third-order valence-corrected chi connectivity index (χ3v) is 2.38. The highest BCUT2D eigenvalue weighted by Gasteiger charge is 1.95. The molecule has 106 valence electrons. The normalized spacial score (nSPS) is 10.6. The first kappa shape index (κ1) is 19.2. The zero-order valence-corrected chi connectivity index (χ0v) is 11.3. The van der Waals surface area contributed by atoms with Gasteiger partial charge in [-0.05, 0) is 25.7 Å². The van der Waals surface area contributed by atoms with Crippen LogP contribution in [0.2, 0.25) is 0 Å². The molecular weight excluding hydrogens is 220 g/mol. The lowest BCUT2D eigenvalue weighted by Crippen LogP contribution is -2.02. The lowest BCUT2D eigenvalue weighted by molar-refractivity contribution is -0.0472. The maximum atomic E-state index is 8.41. The van der Waals surface area contributed by atoms with Crippen molar-refractivity contribution in [2.75, 3.05) is 0 Å². The number of aliphatic hydroxyl groups is 4. The molecule has 0 atom stereocenters. The molecule has 0 rings (SSSR count). The fourth-order valence-electron chi connectivity index (χ4n) is 1.33. The van der Waals surface area contributed by atoms with E-state index in [2.05, 4.69) is 13.8 Å². The average molecular weight is 250 g/mol. The Morgan fingerprint density at radius 3 is 1.29 bits per heavy atom. The van der Waals surface area contributed by atoms with Gasteiger partial charge in [0.2, 0.25) is 0 Å². The van der Waals surface area contributed by atoms with Crippen LogP contribution in [-0.4, -0.2) is 33.0 Å². The van der Waals surface area contributed by atoms with Crippen molar-refractivity contribution in [3.63, 3.8) is 0 Å². The van der Waals surface area contributed by atoms with Crippen LogP contribution in [0.3, 0.4) is 0 Å². The van der Waals surface area contributed by atoms with Crippen LogP contribution >= 0.6 is 0 Å². The molecule has 0 aliphatic rings. The zero-order chi connectivity index (χ0) is 13.5. The minimum Gasteiger partial charge on any atom is -0.368 e. The van der Waals surface area contributed by atoms with E-state index in [4.69, 9.17) is 20.4 Å². The summed E-state index contributed by atoms with van der Waals surface area (Å²) in [6, 6.07) is 0. The van der Waals surface area contributed by atoms with E-state index < -0.39 is 12.6 Å². The quantitative estimate of drug-likeness (QED) is 0.373. The fourth-order valence-corrected chi connectivity index (χ4v) is 1.33. The zero-order valence-electron chi connectivity index (χ0n) is 11.3. The summed E-state index contributed by atoms with van der Waals surface area (Å²) in [5.41, 5.74) is 0. The van der Waals surface area contributed by atoms with Crippen LogP contribution in [0.5, 0.6) is 0 Å². The lowest BCUT2D eigenvalue weighted by Gasteiger charge is -2.00. The second kappa shape index (κ2) is 15.8. The van der Waals surface area contributed by atoms with Crippen LogP contribution in [0.4, 0.5) is 0 Å². The predicted molar refractivity (Wildman–Crippen MR) is 69.4 cm³/mol. The molecule has 0 aromatic rings. The van der Waals surface area contributed by atoms with Crippen LogP contribution in [0.25, 0.3) is 0 Å². The van der Waals surface area contributed by atoms with E-state index in [1.807, 2.05) is 0 Å². The summed E-state index contributed by atoms with van der Waals surface area (Å²) < 4.78 is 0. The molecule has 0 saturated heterocycles. The highest BCUT2D eigenvalue weighted by Crippen LogP contribution is 2.03. The van der Waals surface area contributed by atoms with Crippen LogP contribution in [0.15, 0.2) is 0 Å². The number of rotatable bonds is 9. The Morgan fingerprint density at radius 2 is 0.941 bits per heavy atom. The highest BCUT2D eigenvalue weighted by molar-refractivity contribution is 4.42. The van der Waals surface area contributed by atoms with Crippen LogP contribution in [-0.2, 0) is 0 Å². The van der Waals surface area contributed by atoms with Gasteiger partial charge in [0.25, 0.3) is 0 Å². The lowest BCUT2D eigenvalue weighted by atomic mass is 10.1. The summed E-state index contributed by atoms with van der Waals surface area (Å²) >= 11 is 0. The van der Waals surface area contributed by atoms with E-state index in [0.29, 0.717) is 12.8 Å². The van der Waals surface area contributed by atoms with Crippen LogP contribution in [0.1, 0.15) is 71.6 Å². The molecule has 4 nitrogen and oxygen atoms in total. The minimum absolute atomic E-state index is 0.522. The van der Waals surface area contributed by atoms with Crippen molar-refractivity contribution in [2.24, 2.45) is 0 Å². The topological polar surface area (TPSA) is 80.9 Å². The molecule has 0 aromatic heterocycles. The van der Waals surface area contributed by atoms with Crippen LogP contribution in [0, 0.1) is 0 Å². The standard InChI is InChI=1S/C7H16O2.C6H14O2/c1-2-3-4-5-6-7(8)9;1-2-3-4-5-6(7)8/h7-9H,2-6H2,1H3;6-8H,2-5H2,1H3. The van der Waals surface area contributed by atoms with Crippen molar-refractivity contribution in [3.05, 3.63) is 0 Å². The van der Waals surface area contributed by atoms with Gasteiger partial charge in [0.05, 0.1) is 0 Å². The molecule has 0 aliphatic heterocycles. The van der Waals surface area contributed by atoms with Crippen LogP contribution < -0.4 is 0 Å². The molecule has 0 saturated carbocycles. The first-order valence-electron chi connectivity index (χ1n) is 6.76. The SMILES string of the molecule is CCCCCC(O)O.CCCCCCC(O)O. The third-order valence-electron chi connectivity index (χ3n) is 2.38. The van der Waals surface area contributed by atoms with E-state index in [9.17, 15) is 0 Å². The maximum Gasteiger partial charge on any atom is 0.151 e. The van der Waals surface area contributed by atoms with Gasteiger partial charge in [-0.1, -0.05) is 46.0 Å². The summed E-state index contributed by atoms with van der Waals surface area (Å²) in [4.78, 5) is 0. The van der Waals surface area contributed by atoms with Crippen molar-refractivity contribution in [2.45, 2.75) is 84.2 Å². The van der Waals surface area contributed by atoms with Crippen molar-refractivity contribution in [1.29, 1.82) is 0 Å². The van der Waals surface area contributed by atoms with Gasteiger partial charge < -0.3 is 20.4 Å². The molecule has 0 fully saturated rings. The Labute approximate surface area is 105 Å². The van der Waals surface area contributed by atoms with Gasteiger partial charge in [-0.15, -0.1) is 0 Å². The molecule has 0 aliphatic carbocycles. The Kier molecular flexibility index (Phi) is 17.9. The second-order valence-electron chi connectivity index (χ2n) is 4.31. The van der Waals surface area contributed by atoms with Gasteiger partial charge >= 0.3 is 0 Å². The summed E-state index contributed by atoms with van der Waals surface area (Å²) in [5, 5.41) is 33.5. The summed E-state index contributed by atoms with van der Waals surface area (Å²) in [6.45, 7) is 4.22. The predicted octanol–water partition coefficient (Wildman–Crippen LogP) is 2.14. The second-order valence-corrected chi connectivity index (χ2v) is 4.31. The summed E-state index contributed by atoms with van der Waals surface area (Å²) in [5.74, 6) is 0. The van der Waals surface area contributed by atoms with Crippen molar-refractivity contribution in [1.82, 2.24) is 0 Å². The van der Waals surface area contributed by atoms with Gasteiger partial charge in [0.15, 0.2) is 12.6 Å². The molecule has 0 heterocycles. The molecule has 0 radical (unpaired) electrons. The molecule has 4 heteroatoms. The van der Waals surface area contributed by atoms with E-state index in [0.717, 1.165) is 32.1 Å². The molecule has 0 amide bonds. The third kappa shape index (κ3) is 25.8. The van der Waals surface area contributed by atoms with E-state index in [1.165, 1.54) is 12.8 Å². The first-order valence-corrected chi connectivity index (χ1v) is 6.76. The summed E-state index contributed by atoms with van der Waals surface area (Å²) in [7, 11) is 0. The van der Waals surface area contributed by atoms with E-state index in [-0.39, 0.29) is 0 Å². The molecule has 0 aromatic carbocycles. The largest absolute Gasteiger partial charge is 0.368 e. The fraction of sp³-hybridized carbons (Fsp3) is 1.00. The Bertz CT molecular complexity index is 127. The molecule has 17 heavy (non-hydrogen) atoms. The van der Waals surface area contributed by atoms with Gasteiger partial charge in [-0.2, -0.15) is 0 Å². The molecule has 4 N–H and O–H groups in total. The van der Waals surface area contributed by atoms with Crippen molar-refractivity contribution in [3.8, 4) is 0 Å². The minimum atomic E-state index is -1.10. The smallest absolute Gasteiger partial charge is 0.151 e. The van der Waals surface area contributed by atoms with Crippen molar-refractivity contribution < 1.29 is 20.4 Å². The first-order chi connectivity index (χ1) is 8.04. The molecule has 0 unspecified atom stereocenters. The Hall–Kier alpha value is -0.160. The number of unbranched alkanes of at least 4 members (excludes halogenated alkanes) is 5. The van der Waals surface area contributed by atoms with Gasteiger partial charge in [-0.25, -0.2) is 0 Å². The maximum absolute atomic E-state index is 8.41.